The van der Waals surface area contributed by atoms with Crippen LogP contribution in [0.3, 0.4) is 0 Å². The van der Waals surface area contributed by atoms with E-state index in [9.17, 15) is 15.2 Å². The van der Waals surface area contributed by atoms with Crippen LogP contribution in [0.1, 0.15) is 25.5 Å². The van der Waals surface area contributed by atoms with Crippen molar-refractivity contribution < 1.29 is 10.0 Å². The van der Waals surface area contributed by atoms with Crippen LogP contribution in [-0.4, -0.2) is 33.7 Å². The van der Waals surface area contributed by atoms with Crippen LogP contribution in [0.2, 0.25) is 0 Å². The van der Waals surface area contributed by atoms with Crippen molar-refractivity contribution in [2.24, 2.45) is 0 Å². The van der Waals surface area contributed by atoms with Gasteiger partial charge in [-0.2, -0.15) is 0 Å². The van der Waals surface area contributed by atoms with Crippen molar-refractivity contribution >= 4 is 22.3 Å². The Hall–Kier alpha value is -2.21. The summed E-state index contributed by atoms with van der Waals surface area (Å²) in [6, 6.07) is 6.67. The monoisotopic (exact) mass is 301 g/mol. The van der Waals surface area contributed by atoms with Crippen LogP contribution in [0, 0.1) is 17.0 Å². The average molecular weight is 301 g/mol. The lowest BCUT2D eigenvalue weighted by Gasteiger charge is -2.38. The van der Waals surface area contributed by atoms with Crippen LogP contribution in [0.4, 0.5) is 11.4 Å². The highest BCUT2D eigenvalue weighted by molar-refractivity contribution is 5.93. The zero-order chi connectivity index (χ0) is 15.9. The van der Waals surface area contributed by atoms with Gasteiger partial charge in [0, 0.05) is 42.0 Å². The van der Waals surface area contributed by atoms with Crippen LogP contribution in [0.5, 0.6) is 0 Å². The maximum Gasteiger partial charge on any atom is 0.270 e. The Morgan fingerprint density at radius 3 is 2.86 bits per heavy atom. The second-order valence-corrected chi connectivity index (χ2v) is 6.26. The first-order valence-electron chi connectivity index (χ1n) is 7.39. The van der Waals surface area contributed by atoms with Gasteiger partial charge in [-0.1, -0.05) is 0 Å². The molecule has 0 spiro atoms. The van der Waals surface area contributed by atoms with Gasteiger partial charge in [-0.15, -0.1) is 0 Å². The van der Waals surface area contributed by atoms with E-state index in [1.165, 1.54) is 6.07 Å². The molecule has 0 aliphatic carbocycles. The third-order valence-corrected chi connectivity index (χ3v) is 4.12. The molecule has 1 aliphatic heterocycles. The van der Waals surface area contributed by atoms with Crippen LogP contribution < -0.4 is 4.90 Å². The molecule has 6 heteroatoms. The summed E-state index contributed by atoms with van der Waals surface area (Å²) < 4.78 is 0. The number of piperidine rings is 1. The first-order chi connectivity index (χ1) is 10.4. The van der Waals surface area contributed by atoms with E-state index in [4.69, 9.17) is 0 Å². The molecule has 0 saturated carbocycles. The highest BCUT2D eigenvalue weighted by Crippen LogP contribution is 2.33. The van der Waals surface area contributed by atoms with Gasteiger partial charge in [-0.05, 0) is 38.8 Å². The fourth-order valence-corrected chi connectivity index (χ4v) is 3.13. The first kappa shape index (κ1) is 14.7. The molecule has 1 aliphatic rings. The number of nitro groups is 1. The van der Waals surface area contributed by atoms with Crippen molar-refractivity contribution in [3.63, 3.8) is 0 Å². The van der Waals surface area contributed by atoms with Crippen molar-refractivity contribution in [1.82, 2.24) is 4.98 Å². The molecule has 6 nitrogen and oxygen atoms in total. The maximum atomic E-state index is 11.0. The van der Waals surface area contributed by atoms with Gasteiger partial charge in [0.25, 0.3) is 5.69 Å². The number of hydrogen-bond donors (Lipinski definition) is 1. The van der Waals surface area contributed by atoms with Crippen LogP contribution >= 0.6 is 0 Å². The van der Waals surface area contributed by atoms with Crippen LogP contribution in [0.25, 0.3) is 10.9 Å². The second kappa shape index (κ2) is 5.21. The molecule has 1 atom stereocenters. The summed E-state index contributed by atoms with van der Waals surface area (Å²) in [5.74, 6) is 0. The van der Waals surface area contributed by atoms with E-state index in [0.717, 1.165) is 41.7 Å². The Bertz CT molecular complexity index is 743. The summed E-state index contributed by atoms with van der Waals surface area (Å²) in [6.07, 6.45) is 1.66. The molecular weight excluding hydrogens is 282 g/mol. The lowest BCUT2D eigenvalue weighted by Crippen LogP contribution is -2.46. The summed E-state index contributed by atoms with van der Waals surface area (Å²) in [5, 5.41) is 22.1. The van der Waals surface area contributed by atoms with E-state index in [1.54, 1.807) is 12.1 Å². The smallest absolute Gasteiger partial charge is 0.270 e. The number of benzene rings is 1. The summed E-state index contributed by atoms with van der Waals surface area (Å²) in [4.78, 5) is 17.2. The number of fused-ring (bicyclic) bond motifs is 1. The third-order valence-electron chi connectivity index (χ3n) is 4.12. The van der Waals surface area contributed by atoms with Gasteiger partial charge in [-0.3, -0.25) is 15.1 Å². The summed E-state index contributed by atoms with van der Waals surface area (Å²) in [5.41, 5.74) is 1.84. The summed E-state index contributed by atoms with van der Waals surface area (Å²) >= 11 is 0. The van der Waals surface area contributed by atoms with Gasteiger partial charge in [0.2, 0.25) is 0 Å². The standard InChI is InChI=1S/C16H19N3O3/c1-11-8-15(18-7-3-6-16(2,20)10-18)13-9-12(19(21)22)4-5-14(13)17-11/h4-5,8-9,20H,3,6-7,10H2,1-2H3/t16-/m1/s1. The van der Waals surface area contributed by atoms with Gasteiger partial charge in [0.05, 0.1) is 16.0 Å². The molecule has 116 valence electrons. The molecule has 2 aromatic rings. The molecule has 0 bridgehead atoms. The van der Waals surface area contributed by atoms with Gasteiger partial charge in [-0.25, -0.2) is 0 Å². The number of β-amino-alcohol motifs (C(OH)–C–C–N with tert-alkyl or cyclic N) is 1. The van der Waals surface area contributed by atoms with E-state index < -0.39 is 10.5 Å². The number of aryl methyl sites for hydroxylation is 1. The molecular formula is C16H19N3O3. The van der Waals surface area contributed by atoms with Gasteiger partial charge in [0.1, 0.15) is 0 Å². The predicted octanol–water partition coefficient (Wildman–Crippen LogP) is 2.80. The van der Waals surface area contributed by atoms with E-state index >= 15 is 0 Å². The van der Waals surface area contributed by atoms with Crippen molar-refractivity contribution in [2.75, 3.05) is 18.0 Å². The fraction of sp³-hybridized carbons (Fsp3) is 0.438. The summed E-state index contributed by atoms with van der Waals surface area (Å²) in [7, 11) is 0. The minimum absolute atomic E-state index is 0.0585. The Labute approximate surface area is 128 Å². The number of non-ortho nitro benzene ring substituents is 1. The molecule has 2 heterocycles. The number of anilines is 1. The third kappa shape index (κ3) is 2.74. The number of aromatic nitrogens is 1. The van der Waals surface area contributed by atoms with Gasteiger partial charge >= 0.3 is 0 Å². The Morgan fingerprint density at radius 2 is 2.18 bits per heavy atom. The molecule has 0 unspecified atom stereocenters. The van der Waals surface area contributed by atoms with E-state index in [-0.39, 0.29) is 5.69 Å². The molecule has 1 fully saturated rings. The highest BCUT2D eigenvalue weighted by Gasteiger charge is 2.29. The van der Waals surface area contributed by atoms with Crippen LogP contribution in [0.15, 0.2) is 24.3 Å². The molecule has 1 N–H and O–H groups in total. The topological polar surface area (TPSA) is 79.5 Å². The number of nitrogens with zero attached hydrogens (tertiary/aromatic N) is 3. The normalized spacial score (nSPS) is 22.0. The lowest BCUT2D eigenvalue weighted by atomic mass is 9.94. The molecule has 1 aromatic carbocycles. The zero-order valence-electron chi connectivity index (χ0n) is 12.7. The largest absolute Gasteiger partial charge is 0.388 e. The Balaban J connectivity index is 2.14. The van der Waals surface area contributed by atoms with Crippen molar-refractivity contribution in [1.29, 1.82) is 0 Å². The number of pyridine rings is 1. The molecule has 3 rings (SSSR count). The van der Waals surface area contributed by atoms with Crippen molar-refractivity contribution in [3.8, 4) is 0 Å². The van der Waals surface area contributed by atoms with Gasteiger partial charge < -0.3 is 10.0 Å². The SMILES string of the molecule is Cc1cc(N2CCC[C@@](C)(O)C2)c2cc([N+](=O)[O-])ccc2n1. The van der Waals surface area contributed by atoms with Gasteiger partial charge in [0.15, 0.2) is 0 Å². The second-order valence-electron chi connectivity index (χ2n) is 6.26. The highest BCUT2D eigenvalue weighted by atomic mass is 16.6. The first-order valence-corrected chi connectivity index (χ1v) is 7.39. The average Bonchev–Trinajstić information content (AvgIpc) is 2.44. The fourth-order valence-electron chi connectivity index (χ4n) is 3.13. The molecule has 22 heavy (non-hydrogen) atoms. The van der Waals surface area contributed by atoms with Crippen molar-refractivity contribution in [2.45, 2.75) is 32.3 Å². The minimum Gasteiger partial charge on any atom is -0.388 e. The molecule has 1 saturated heterocycles. The molecule has 0 amide bonds. The number of aliphatic hydroxyl groups is 1. The quantitative estimate of drug-likeness (QED) is 0.681. The Kier molecular flexibility index (Phi) is 3.48. The zero-order valence-corrected chi connectivity index (χ0v) is 12.7. The van der Waals surface area contributed by atoms with E-state index in [0.29, 0.717) is 6.54 Å². The molecule has 1 aromatic heterocycles. The number of hydrogen-bond acceptors (Lipinski definition) is 5. The summed E-state index contributed by atoms with van der Waals surface area (Å²) in [6.45, 7) is 5.09. The van der Waals surface area contributed by atoms with Crippen molar-refractivity contribution in [3.05, 3.63) is 40.1 Å². The maximum absolute atomic E-state index is 11.0. The minimum atomic E-state index is -0.734. The number of rotatable bonds is 2. The molecule has 0 radical (unpaired) electrons. The lowest BCUT2D eigenvalue weighted by molar-refractivity contribution is -0.384. The number of nitro benzene ring substituents is 1. The predicted molar refractivity (Wildman–Crippen MR) is 85.2 cm³/mol. The van der Waals surface area contributed by atoms with Crippen LogP contribution in [-0.2, 0) is 0 Å². The Morgan fingerprint density at radius 1 is 1.41 bits per heavy atom. The van der Waals surface area contributed by atoms with E-state index in [1.807, 2.05) is 19.9 Å². The van der Waals surface area contributed by atoms with E-state index in [2.05, 4.69) is 9.88 Å².